The molecule has 1 aliphatic rings. The zero-order valence-electron chi connectivity index (χ0n) is 16.7. The Hall–Kier alpha value is -2.90. The van der Waals surface area contributed by atoms with Crippen LogP contribution in [0.5, 0.6) is 0 Å². The highest BCUT2D eigenvalue weighted by atomic mass is 35.5. The van der Waals surface area contributed by atoms with E-state index in [-0.39, 0.29) is 12.8 Å². The van der Waals surface area contributed by atoms with Crippen molar-refractivity contribution >= 4 is 11.6 Å². The molecule has 0 radical (unpaired) electrons. The molecule has 0 unspecified atom stereocenters. The van der Waals surface area contributed by atoms with Gasteiger partial charge in [-0.1, -0.05) is 73.5 Å². The van der Waals surface area contributed by atoms with Crippen LogP contribution in [0.3, 0.4) is 0 Å². The SMILES string of the molecule is CCCCc1nc(Cl)c(CO)n1Cc1ccc(-c2ccccc2C2N=NN=N2)cc1. The Bertz CT molecular complexity index is 1060. The molecule has 0 aliphatic carbocycles. The van der Waals surface area contributed by atoms with Crippen LogP contribution < -0.4 is 0 Å². The number of hydrogen-bond acceptors (Lipinski definition) is 6. The van der Waals surface area contributed by atoms with Crippen LogP contribution in [0.4, 0.5) is 0 Å². The summed E-state index contributed by atoms with van der Waals surface area (Å²) in [6, 6.07) is 16.4. The fourth-order valence-electron chi connectivity index (χ4n) is 3.62. The molecule has 0 saturated heterocycles. The third-order valence-corrected chi connectivity index (χ3v) is 5.52. The molecule has 154 valence electrons. The van der Waals surface area contributed by atoms with Gasteiger partial charge in [0.1, 0.15) is 5.82 Å². The summed E-state index contributed by atoms with van der Waals surface area (Å²) in [4.78, 5) is 4.47. The van der Waals surface area contributed by atoms with Gasteiger partial charge in [-0.05, 0) is 33.6 Å². The zero-order valence-corrected chi connectivity index (χ0v) is 17.5. The molecule has 2 aromatic carbocycles. The molecule has 0 atom stereocenters. The van der Waals surface area contributed by atoms with Crippen molar-refractivity contribution in [3.8, 4) is 11.1 Å². The summed E-state index contributed by atoms with van der Waals surface area (Å²) in [5.74, 6) is 0.914. The maximum Gasteiger partial charge on any atom is 0.211 e. The minimum Gasteiger partial charge on any atom is -0.390 e. The number of aromatic nitrogens is 2. The number of rotatable bonds is 8. The molecule has 1 N–H and O–H groups in total. The number of unbranched alkanes of at least 4 members (excludes halogenated alkanes) is 1. The van der Waals surface area contributed by atoms with Crippen molar-refractivity contribution in [3.63, 3.8) is 0 Å². The van der Waals surface area contributed by atoms with Crippen molar-refractivity contribution in [2.75, 3.05) is 0 Å². The van der Waals surface area contributed by atoms with Crippen LogP contribution in [0.25, 0.3) is 11.1 Å². The van der Waals surface area contributed by atoms with Crippen LogP contribution in [0.2, 0.25) is 5.15 Å². The van der Waals surface area contributed by atoms with Crippen LogP contribution >= 0.6 is 11.6 Å². The van der Waals surface area contributed by atoms with Gasteiger partial charge in [-0.25, -0.2) is 4.98 Å². The quantitative estimate of drug-likeness (QED) is 0.488. The minimum atomic E-state index is -0.387. The lowest BCUT2D eigenvalue weighted by molar-refractivity contribution is 0.271. The number of aliphatic hydroxyl groups excluding tert-OH is 1. The molecule has 0 spiro atoms. The lowest BCUT2D eigenvalue weighted by Crippen LogP contribution is -2.09. The Morgan fingerprint density at radius 3 is 2.47 bits per heavy atom. The Labute approximate surface area is 180 Å². The summed E-state index contributed by atoms with van der Waals surface area (Å²) >= 11 is 6.26. The van der Waals surface area contributed by atoms with Crippen molar-refractivity contribution in [1.82, 2.24) is 9.55 Å². The molecule has 0 bridgehead atoms. The summed E-state index contributed by atoms with van der Waals surface area (Å²) in [7, 11) is 0. The van der Waals surface area contributed by atoms with E-state index in [9.17, 15) is 5.11 Å². The minimum absolute atomic E-state index is 0.131. The first kappa shape index (κ1) is 20.4. The van der Waals surface area contributed by atoms with E-state index in [1.807, 2.05) is 22.8 Å². The van der Waals surface area contributed by atoms with E-state index in [0.717, 1.165) is 47.3 Å². The third kappa shape index (κ3) is 4.17. The van der Waals surface area contributed by atoms with Gasteiger partial charge in [-0.3, -0.25) is 0 Å². The Morgan fingerprint density at radius 2 is 1.77 bits per heavy atom. The topological polar surface area (TPSA) is 87.5 Å². The average Bonchev–Trinajstić information content (AvgIpc) is 3.41. The van der Waals surface area contributed by atoms with Crippen LogP contribution in [-0.2, 0) is 19.6 Å². The molecule has 1 aliphatic heterocycles. The number of imidazole rings is 1. The number of aryl methyl sites for hydroxylation is 1. The zero-order chi connectivity index (χ0) is 20.9. The average molecular weight is 423 g/mol. The van der Waals surface area contributed by atoms with Gasteiger partial charge in [-0.15, -0.1) is 10.2 Å². The van der Waals surface area contributed by atoms with Gasteiger partial charge in [-0.2, -0.15) is 0 Å². The number of aliphatic hydroxyl groups is 1. The van der Waals surface area contributed by atoms with Gasteiger partial charge in [0.2, 0.25) is 6.17 Å². The maximum absolute atomic E-state index is 9.76. The van der Waals surface area contributed by atoms with E-state index in [4.69, 9.17) is 11.6 Å². The third-order valence-electron chi connectivity index (χ3n) is 5.21. The molecule has 4 rings (SSSR count). The first-order valence-electron chi connectivity index (χ1n) is 10.0. The van der Waals surface area contributed by atoms with Crippen molar-refractivity contribution < 1.29 is 5.11 Å². The molecular weight excluding hydrogens is 400 g/mol. The number of benzene rings is 2. The molecule has 8 heteroatoms. The first-order valence-corrected chi connectivity index (χ1v) is 10.4. The smallest absolute Gasteiger partial charge is 0.211 e. The van der Waals surface area contributed by atoms with Crippen LogP contribution in [0.1, 0.15) is 48.6 Å². The van der Waals surface area contributed by atoms with Gasteiger partial charge in [0.25, 0.3) is 0 Å². The van der Waals surface area contributed by atoms with Crippen molar-refractivity contribution in [2.45, 2.75) is 45.5 Å². The standard InChI is InChI=1S/C22H23ClN6O/c1-2-3-8-20-24-21(23)19(14-30)29(20)13-15-9-11-16(12-10-15)17-6-4-5-7-18(17)22-25-27-28-26-22/h4-7,9-12,22,30H,2-3,8,13-14H2,1H3. The molecule has 7 nitrogen and oxygen atoms in total. The first-order chi connectivity index (χ1) is 14.7. The molecule has 1 aromatic heterocycles. The monoisotopic (exact) mass is 422 g/mol. The molecule has 2 heterocycles. The van der Waals surface area contributed by atoms with Crippen LogP contribution in [-0.4, -0.2) is 14.7 Å². The van der Waals surface area contributed by atoms with E-state index in [2.05, 4.69) is 62.9 Å². The van der Waals surface area contributed by atoms with E-state index in [0.29, 0.717) is 17.4 Å². The summed E-state index contributed by atoms with van der Waals surface area (Å²) in [6.07, 6.45) is 2.56. The molecule has 3 aromatic rings. The normalized spacial score (nSPS) is 13.4. The van der Waals surface area contributed by atoms with Gasteiger partial charge >= 0.3 is 0 Å². The second-order valence-corrected chi connectivity index (χ2v) is 7.54. The Kier molecular flexibility index (Phi) is 6.30. The van der Waals surface area contributed by atoms with E-state index in [1.54, 1.807) is 0 Å². The lowest BCUT2D eigenvalue weighted by Gasteiger charge is -2.13. The highest BCUT2D eigenvalue weighted by molar-refractivity contribution is 6.30. The van der Waals surface area contributed by atoms with E-state index >= 15 is 0 Å². The molecular formula is C22H23ClN6O. The summed E-state index contributed by atoms with van der Waals surface area (Å²) < 4.78 is 2.03. The van der Waals surface area contributed by atoms with Crippen LogP contribution in [0, 0.1) is 0 Å². The van der Waals surface area contributed by atoms with E-state index in [1.165, 1.54) is 0 Å². The number of nitrogens with zero attached hydrogens (tertiary/aromatic N) is 6. The van der Waals surface area contributed by atoms with Gasteiger partial charge in [0.15, 0.2) is 5.15 Å². The predicted molar refractivity (Wildman–Crippen MR) is 115 cm³/mol. The molecule has 0 fully saturated rings. The highest BCUT2D eigenvalue weighted by Crippen LogP contribution is 2.33. The number of halogens is 1. The van der Waals surface area contributed by atoms with Crippen molar-refractivity contribution in [1.29, 1.82) is 0 Å². The molecule has 0 amide bonds. The van der Waals surface area contributed by atoms with Crippen molar-refractivity contribution in [3.05, 3.63) is 76.3 Å². The Morgan fingerprint density at radius 1 is 1.03 bits per heavy atom. The van der Waals surface area contributed by atoms with E-state index < -0.39 is 0 Å². The summed E-state index contributed by atoms with van der Waals surface area (Å²) in [5.41, 5.74) is 4.87. The molecule has 30 heavy (non-hydrogen) atoms. The Balaban J connectivity index is 1.60. The maximum atomic E-state index is 9.76. The second kappa shape index (κ2) is 9.28. The largest absolute Gasteiger partial charge is 0.390 e. The number of hydrogen-bond donors (Lipinski definition) is 1. The lowest BCUT2D eigenvalue weighted by atomic mass is 9.97. The van der Waals surface area contributed by atoms with Crippen molar-refractivity contribution in [2.24, 2.45) is 20.7 Å². The molecule has 0 saturated carbocycles. The summed E-state index contributed by atoms with van der Waals surface area (Å²) in [6.45, 7) is 2.63. The predicted octanol–water partition coefficient (Wildman–Crippen LogP) is 5.92. The second-order valence-electron chi connectivity index (χ2n) is 7.18. The van der Waals surface area contributed by atoms with Crippen LogP contribution in [0.15, 0.2) is 69.2 Å². The summed E-state index contributed by atoms with van der Waals surface area (Å²) in [5, 5.41) is 25.5. The fourth-order valence-corrected chi connectivity index (χ4v) is 3.88. The highest BCUT2D eigenvalue weighted by Gasteiger charge is 2.18. The fraction of sp³-hybridized carbons (Fsp3) is 0.318. The van der Waals surface area contributed by atoms with Gasteiger partial charge < -0.3 is 9.67 Å². The van der Waals surface area contributed by atoms with Gasteiger partial charge in [0.05, 0.1) is 12.3 Å². The van der Waals surface area contributed by atoms with Gasteiger partial charge in [0, 0.05) is 18.5 Å².